The third kappa shape index (κ3) is 6.13. The summed E-state index contributed by atoms with van der Waals surface area (Å²) in [5.74, 6) is 0.663. The zero-order valence-corrected chi connectivity index (χ0v) is 23.5. The number of carbonyl (C=O) groups excluding carboxylic acids is 2. The molecule has 4 aromatic rings. The number of fused-ring (bicyclic) bond motifs is 1. The summed E-state index contributed by atoms with van der Waals surface area (Å²) in [4.78, 5) is 41.2. The van der Waals surface area contributed by atoms with Gasteiger partial charge in [-0.25, -0.2) is 9.97 Å². The molecule has 2 aromatic carbocycles. The summed E-state index contributed by atoms with van der Waals surface area (Å²) in [5.41, 5.74) is 4.96. The van der Waals surface area contributed by atoms with Crippen LogP contribution in [-0.4, -0.2) is 72.9 Å². The van der Waals surface area contributed by atoms with E-state index in [-0.39, 0.29) is 11.7 Å². The van der Waals surface area contributed by atoms with E-state index in [0.29, 0.717) is 40.8 Å². The minimum Gasteiger partial charge on any atom is -0.494 e. The Bertz CT molecular complexity index is 1540. The van der Waals surface area contributed by atoms with E-state index in [2.05, 4.69) is 37.0 Å². The molecular weight excluding hydrogens is 506 g/mol. The van der Waals surface area contributed by atoms with Crippen molar-refractivity contribution in [1.29, 1.82) is 0 Å². The average molecular weight is 542 g/mol. The van der Waals surface area contributed by atoms with Crippen LogP contribution in [0, 0.1) is 0 Å². The maximum absolute atomic E-state index is 12.4. The normalized spacial score (nSPS) is 10.9. The number of hydrogen-bond donors (Lipinski definition) is 3. The van der Waals surface area contributed by atoms with Gasteiger partial charge >= 0.3 is 0 Å². The molecule has 0 radical (unpaired) electrons. The molecule has 0 aliphatic heterocycles. The second kappa shape index (κ2) is 12.4. The molecular formula is C30H35N7O3. The molecule has 0 fully saturated rings. The highest BCUT2D eigenvalue weighted by Gasteiger charge is 2.18. The van der Waals surface area contributed by atoms with Crippen LogP contribution >= 0.6 is 0 Å². The summed E-state index contributed by atoms with van der Waals surface area (Å²) in [5, 5.41) is 7.05. The van der Waals surface area contributed by atoms with Crippen LogP contribution in [0.5, 0.6) is 5.75 Å². The van der Waals surface area contributed by atoms with Crippen LogP contribution in [-0.2, 0) is 4.79 Å². The number of anilines is 4. The highest BCUT2D eigenvalue weighted by atomic mass is 16.5. The monoisotopic (exact) mass is 541 g/mol. The molecule has 0 aliphatic rings. The van der Waals surface area contributed by atoms with Crippen LogP contribution in [0.25, 0.3) is 22.2 Å². The van der Waals surface area contributed by atoms with Crippen molar-refractivity contribution in [2.24, 2.45) is 0 Å². The minimum atomic E-state index is -0.322. The Morgan fingerprint density at radius 2 is 1.93 bits per heavy atom. The number of likely N-dealkylation sites (N-methyl/N-ethyl adjacent to an activating group) is 2. The number of carbonyl (C=O) groups is 2. The smallest absolute Gasteiger partial charge is 0.247 e. The van der Waals surface area contributed by atoms with E-state index >= 15 is 0 Å². The number of nitrogens with zero attached hydrogens (tertiary/aromatic N) is 4. The lowest BCUT2D eigenvalue weighted by atomic mass is 10.0. The molecule has 40 heavy (non-hydrogen) atoms. The quantitative estimate of drug-likeness (QED) is 0.168. The molecule has 208 valence electrons. The number of nitrogens with one attached hydrogen (secondary N) is 3. The predicted octanol–water partition coefficient (Wildman–Crippen LogP) is 5.09. The number of hydrogen-bond acceptors (Lipinski definition) is 8. The fraction of sp³-hybridized carbons (Fsp3) is 0.267. The van der Waals surface area contributed by atoms with E-state index < -0.39 is 0 Å². The lowest BCUT2D eigenvalue weighted by Gasteiger charge is -2.26. The summed E-state index contributed by atoms with van der Waals surface area (Å²) in [6.07, 6.45) is 5.18. The number of benzene rings is 2. The van der Waals surface area contributed by atoms with E-state index in [1.54, 1.807) is 19.4 Å². The second-order valence-corrected chi connectivity index (χ2v) is 9.59. The van der Waals surface area contributed by atoms with E-state index in [0.717, 1.165) is 35.2 Å². The minimum absolute atomic E-state index is 0.0753. The summed E-state index contributed by atoms with van der Waals surface area (Å²) >= 11 is 0. The Morgan fingerprint density at radius 3 is 2.62 bits per heavy atom. The molecule has 10 heteroatoms. The number of ketones is 1. The van der Waals surface area contributed by atoms with Crippen molar-refractivity contribution in [2.75, 3.05) is 56.9 Å². The van der Waals surface area contributed by atoms with Crippen LogP contribution in [0.15, 0.2) is 61.4 Å². The van der Waals surface area contributed by atoms with E-state index in [9.17, 15) is 9.59 Å². The van der Waals surface area contributed by atoms with Gasteiger partial charge in [-0.3, -0.25) is 9.59 Å². The molecule has 0 saturated carbocycles. The summed E-state index contributed by atoms with van der Waals surface area (Å²) < 4.78 is 5.70. The lowest BCUT2D eigenvalue weighted by molar-refractivity contribution is -0.111. The topological polar surface area (TPSA) is 115 Å². The first-order valence-electron chi connectivity index (χ1n) is 13.0. The van der Waals surface area contributed by atoms with Crippen molar-refractivity contribution in [3.8, 4) is 17.0 Å². The van der Waals surface area contributed by atoms with Crippen molar-refractivity contribution in [3.63, 3.8) is 0 Å². The fourth-order valence-electron chi connectivity index (χ4n) is 4.38. The SMILES string of the molecule is C=CC(=O)Nc1cc(Nc2nccc(-c3c[nH]c4c(C(=O)CC)cccc34)n2)c(OC)cc1N(C)CCN(C)C. The third-order valence-electron chi connectivity index (χ3n) is 6.57. The zero-order chi connectivity index (χ0) is 28.8. The summed E-state index contributed by atoms with van der Waals surface area (Å²) in [7, 11) is 7.57. The van der Waals surface area contributed by atoms with Gasteiger partial charge in [-0.1, -0.05) is 25.6 Å². The van der Waals surface area contributed by atoms with Crippen LogP contribution in [0.2, 0.25) is 0 Å². The van der Waals surface area contributed by atoms with Gasteiger partial charge in [0.25, 0.3) is 0 Å². The first kappa shape index (κ1) is 28.3. The van der Waals surface area contributed by atoms with E-state index in [1.165, 1.54) is 6.08 Å². The number of aromatic nitrogens is 3. The Morgan fingerprint density at radius 1 is 1.12 bits per heavy atom. The van der Waals surface area contributed by atoms with Crippen molar-refractivity contribution in [2.45, 2.75) is 13.3 Å². The molecule has 2 heterocycles. The van der Waals surface area contributed by atoms with Crippen LogP contribution in [0.3, 0.4) is 0 Å². The number of methoxy groups -OCH3 is 1. The van der Waals surface area contributed by atoms with Gasteiger partial charge in [-0.15, -0.1) is 0 Å². The number of H-pyrrole nitrogens is 1. The number of aromatic amines is 1. The summed E-state index contributed by atoms with van der Waals surface area (Å²) in [6.45, 7) is 6.99. The maximum atomic E-state index is 12.4. The molecule has 0 bridgehead atoms. The predicted molar refractivity (Wildman–Crippen MR) is 161 cm³/mol. The van der Waals surface area contributed by atoms with Gasteiger partial charge in [0, 0.05) is 61.5 Å². The number of ether oxygens (including phenoxy) is 1. The maximum Gasteiger partial charge on any atom is 0.247 e. The molecule has 10 nitrogen and oxygen atoms in total. The van der Waals surface area contributed by atoms with E-state index in [1.807, 2.05) is 64.6 Å². The number of para-hydroxylation sites is 1. The van der Waals surface area contributed by atoms with Crippen LogP contribution in [0.1, 0.15) is 23.7 Å². The molecule has 0 spiro atoms. The second-order valence-electron chi connectivity index (χ2n) is 9.59. The van der Waals surface area contributed by atoms with Gasteiger partial charge in [0.05, 0.1) is 35.4 Å². The van der Waals surface area contributed by atoms with Gasteiger partial charge in [0.15, 0.2) is 5.78 Å². The lowest BCUT2D eigenvalue weighted by Crippen LogP contribution is -2.29. The van der Waals surface area contributed by atoms with Crippen molar-refractivity contribution >= 4 is 45.6 Å². The summed E-state index contributed by atoms with van der Waals surface area (Å²) in [6, 6.07) is 11.2. The third-order valence-corrected chi connectivity index (χ3v) is 6.57. The highest BCUT2D eigenvalue weighted by Crippen LogP contribution is 2.38. The van der Waals surface area contributed by atoms with Gasteiger partial charge in [0.2, 0.25) is 11.9 Å². The van der Waals surface area contributed by atoms with Gasteiger partial charge in [-0.2, -0.15) is 0 Å². The molecule has 3 N–H and O–H groups in total. The number of amides is 1. The Labute approximate surface area is 234 Å². The number of rotatable bonds is 12. The van der Waals surface area contributed by atoms with Crippen molar-refractivity contribution in [3.05, 3.63) is 67.0 Å². The molecule has 0 atom stereocenters. The van der Waals surface area contributed by atoms with Gasteiger partial charge in [-0.05, 0) is 38.4 Å². The molecule has 0 saturated heterocycles. The average Bonchev–Trinajstić information content (AvgIpc) is 3.40. The first-order valence-corrected chi connectivity index (χ1v) is 13.0. The number of Topliss-reactive ketones (excluding diaryl/α,β-unsaturated/α-hetero) is 1. The van der Waals surface area contributed by atoms with Gasteiger partial charge in [0.1, 0.15) is 5.75 Å². The molecule has 2 aromatic heterocycles. The zero-order valence-electron chi connectivity index (χ0n) is 23.5. The van der Waals surface area contributed by atoms with Crippen LogP contribution in [0.4, 0.5) is 23.0 Å². The first-order chi connectivity index (χ1) is 19.2. The standard InChI is InChI=1S/C30H35N7O3/c1-7-26(38)20-11-9-10-19-21(18-32-29(19)20)22-12-13-31-30(34-22)35-24-16-23(33-28(39)8-2)25(17-27(24)40-6)37(5)15-14-36(3)4/h8-13,16-18,32H,2,7,14-15H2,1,3-6H3,(H,33,39)(H,31,34,35). The fourth-order valence-corrected chi connectivity index (χ4v) is 4.38. The van der Waals surface area contributed by atoms with Crippen LogP contribution < -0.4 is 20.3 Å². The molecule has 0 aliphatic carbocycles. The molecule has 1 amide bonds. The Balaban J connectivity index is 1.71. The molecule has 0 unspecified atom stereocenters. The molecule has 4 rings (SSSR count). The van der Waals surface area contributed by atoms with E-state index in [4.69, 9.17) is 9.72 Å². The van der Waals surface area contributed by atoms with Gasteiger partial charge < -0.3 is 30.2 Å². The Kier molecular flexibility index (Phi) is 8.80. The van der Waals surface area contributed by atoms with Crippen molar-refractivity contribution < 1.29 is 14.3 Å². The highest BCUT2D eigenvalue weighted by molar-refractivity contribution is 6.10. The van der Waals surface area contributed by atoms with Crippen molar-refractivity contribution in [1.82, 2.24) is 19.9 Å². The largest absolute Gasteiger partial charge is 0.494 e. The Hall–Kier alpha value is -4.70.